The van der Waals surface area contributed by atoms with Gasteiger partial charge in [-0.1, -0.05) is 0 Å². The van der Waals surface area contributed by atoms with Crippen LogP contribution in [0.4, 0.5) is 0 Å². The van der Waals surface area contributed by atoms with Crippen molar-refractivity contribution in [3.05, 3.63) is 18.7 Å². The van der Waals surface area contributed by atoms with Crippen LogP contribution in [-0.2, 0) is 14.5 Å². The summed E-state index contributed by atoms with van der Waals surface area (Å²) in [5.41, 5.74) is 0. The predicted molar refractivity (Wildman–Crippen MR) is 33.6 cm³/mol. The van der Waals surface area contributed by atoms with Crippen LogP contribution in [0.2, 0.25) is 0 Å². The number of imidazole rings is 1. The molecule has 0 bridgehead atoms. The van der Waals surface area contributed by atoms with E-state index >= 15 is 0 Å². The molecule has 0 spiro atoms. The molecule has 1 aromatic rings. The molecule has 0 saturated heterocycles. The summed E-state index contributed by atoms with van der Waals surface area (Å²) in [7, 11) is -2.51. The molecule has 10 heavy (non-hydrogen) atoms. The first-order valence-electron chi connectivity index (χ1n) is 2.46. The molecule has 0 amide bonds. The molecule has 0 aliphatic carbocycles. The van der Waals surface area contributed by atoms with Crippen molar-refractivity contribution < 1.29 is 12.6 Å². The lowest BCUT2D eigenvalue weighted by molar-refractivity contribution is 0.390. The van der Waals surface area contributed by atoms with E-state index in [0.29, 0.717) is 0 Å². The van der Waals surface area contributed by atoms with Crippen LogP contribution in [0.1, 0.15) is 0 Å². The van der Waals surface area contributed by atoms with Gasteiger partial charge in [0.2, 0.25) is 0 Å². The van der Waals surface area contributed by atoms with Crippen LogP contribution in [0.15, 0.2) is 18.7 Å². The molecule has 0 aromatic carbocycles. The molecule has 0 aliphatic heterocycles. The van der Waals surface area contributed by atoms with Gasteiger partial charge in [0.1, 0.15) is 6.33 Å². The Kier molecular flexibility index (Phi) is 1.73. The van der Waals surface area contributed by atoms with Crippen molar-refractivity contribution in [2.24, 2.45) is 0 Å². The molecule has 6 heteroatoms. The number of hydrogen-bond acceptors (Lipinski definition) is 4. The minimum absolute atomic E-state index is 0.882. The summed E-state index contributed by atoms with van der Waals surface area (Å²) in [6, 6.07) is 0. The summed E-state index contributed by atoms with van der Waals surface area (Å²) >= 11 is 0. The van der Waals surface area contributed by atoms with E-state index < -0.39 is 10.3 Å². The standard InChI is InChI=1S/C4H6N2O3S/c1-9-10(7,8)6-3-2-5-4-6/h2-4H,1H3. The fourth-order valence-corrected chi connectivity index (χ4v) is 1.01. The molecule has 0 radical (unpaired) electrons. The van der Waals surface area contributed by atoms with Crippen LogP contribution in [0.5, 0.6) is 0 Å². The molecular formula is C4H6N2O3S. The van der Waals surface area contributed by atoms with E-state index in [2.05, 4.69) is 9.17 Å². The van der Waals surface area contributed by atoms with Gasteiger partial charge in [-0.05, 0) is 0 Å². The first kappa shape index (κ1) is 7.23. The first-order chi connectivity index (χ1) is 4.67. The quantitative estimate of drug-likeness (QED) is 0.594. The van der Waals surface area contributed by atoms with Crippen LogP contribution in [0.3, 0.4) is 0 Å². The van der Waals surface area contributed by atoms with E-state index in [1.807, 2.05) is 0 Å². The highest BCUT2D eigenvalue weighted by Crippen LogP contribution is 1.95. The summed E-state index contributed by atoms with van der Waals surface area (Å²) in [6.45, 7) is 0. The largest absolute Gasteiger partial charge is 0.366 e. The number of aromatic nitrogens is 2. The first-order valence-corrected chi connectivity index (χ1v) is 3.82. The van der Waals surface area contributed by atoms with Crippen molar-refractivity contribution in [2.45, 2.75) is 0 Å². The Labute approximate surface area is 58.5 Å². The van der Waals surface area contributed by atoms with Crippen LogP contribution >= 0.6 is 0 Å². The van der Waals surface area contributed by atoms with Gasteiger partial charge in [-0.2, -0.15) is 8.42 Å². The van der Waals surface area contributed by atoms with E-state index in [1.54, 1.807) is 0 Å². The smallest absolute Gasteiger partial charge is 0.257 e. The van der Waals surface area contributed by atoms with E-state index in [0.717, 1.165) is 17.4 Å². The maximum atomic E-state index is 10.8. The normalized spacial score (nSPS) is 11.7. The molecule has 56 valence electrons. The molecule has 5 nitrogen and oxygen atoms in total. The van der Waals surface area contributed by atoms with Gasteiger partial charge in [-0.15, -0.1) is 0 Å². The van der Waals surface area contributed by atoms with Crippen molar-refractivity contribution in [3.8, 4) is 0 Å². The van der Waals surface area contributed by atoms with Gasteiger partial charge < -0.3 is 0 Å². The maximum Gasteiger partial charge on any atom is 0.366 e. The van der Waals surface area contributed by atoms with Crippen LogP contribution in [0, 0.1) is 0 Å². The molecule has 0 fully saturated rings. The maximum absolute atomic E-state index is 10.8. The Morgan fingerprint density at radius 3 is 2.70 bits per heavy atom. The Morgan fingerprint density at radius 2 is 2.30 bits per heavy atom. The third-order valence-electron chi connectivity index (χ3n) is 0.949. The summed E-state index contributed by atoms with van der Waals surface area (Å²) in [5, 5.41) is 0. The molecular weight excluding hydrogens is 156 g/mol. The second-order valence-electron chi connectivity index (χ2n) is 1.52. The van der Waals surface area contributed by atoms with Gasteiger partial charge in [0.25, 0.3) is 0 Å². The van der Waals surface area contributed by atoms with E-state index in [9.17, 15) is 8.42 Å². The zero-order chi connectivity index (χ0) is 7.61. The lowest BCUT2D eigenvalue weighted by Crippen LogP contribution is -2.11. The van der Waals surface area contributed by atoms with Gasteiger partial charge >= 0.3 is 10.3 Å². The molecule has 0 N–H and O–H groups in total. The van der Waals surface area contributed by atoms with Crippen molar-refractivity contribution in [2.75, 3.05) is 7.11 Å². The Balaban J connectivity index is 3.09. The second-order valence-corrected chi connectivity index (χ2v) is 3.13. The summed E-state index contributed by atoms with van der Waals surface area (Å²) in [6.07, 6.45) is 3.80. The topological polar surface area (TPSA) is 61.2 Å². The molecule has 1 aromatic heterocycles. The Morgan fingerprint density at radius 1 is 1.60 bits per heavy atom. The molecule has 0 unspecified atom stereocenters. The molecule has 0 aliphatic rings. The van der Waals surface area contributed by atoms with Crippen LogP contribution in [0.25, 0.3) is 0 Å². The monoisotopic (exact) mass is 162 g/mol. The SMILES string of the molecule is COS(=O)(=O)n1ccnc1. The predicted octanol–water partition coefficient (Wildman–Crippen LogP) is -0.378. The van der Waals surface area contributed by atoms with Crippen molar-refractivity contribution in [1.29, 1.82) is 0 Å². The average Bonchev–Trinajstić information content (AvgIpc) is 2.38. The zero-order valence-electron chi connectivity index (χ0n) is 5.26. The number of nitrogens with zero attached hydrogens (tertiary/aromatic N) is 2. The summed E-state index contributed by atoms with van der Waals surface area (Å²) in [4.78, 5) is 3.54. The Hall–Kier alpha value is -0.880. The number of rotatable bonds is 2. The summed E-state index contributed by atoms with van der Waals surface area (Å²) < 4.78 is 26.6. The molecule has 1 heterocycles. The van der Waals surface area contributed by atoms with Crippen molar-refractivity contribution in [1.82, 2.24) is 8.96 Å². The zero-order valence-corrected chi connectivity index (χ0v) is 6.08. The molecule has 0 saturated carbocycles. The lowest BCUT2D eigenvalue weighted by Gasteiger charge is -1.98. The fourth-order valence-electron chi connectivity index (χ4n) is 0.465. The highest BCUT2D eigenvalue weighted by atomic mass is 32.2. The van der Waals surface area contributed by atoms with Gasteiger partial charge in [-0.3, -0.25) is 4.18 Å². The minimum Gasteiger partial charge on any atom is -0.257 e. The third-order valence-corrected chi connectivity index (χ3v) is 2.10. The highest BCUT2D eigenvalue weighted by Gasteiger charge is 2.08. The van der Waals surface area contributed by atoms with Crippen molar-refractivity contribution in [3.63, 3.8) is 0 Å². The van der Waals surface area contributed by atoms with E-state index in [4.69, 9.17) is 0 Å². The molecule has 0 atom stereocenters. The second kappa shape index (κ2) is 2.39. The van der Waals surface area contributed by atoms with Gasteiger partial charge in [0, 0.05) is 12.4 Å². The average molecular weight is 162 g/mol. The van der Waals surface area contributed by atoms with Crippen molar-refractivity contribution >= 4 is 10.3 Å². The minimum atomic E-state index is -3.60. The third kappa shape index (κ3) is 1.17. The van der Waals surface area contributed by atoms with Gasteiger partial charge in [0.05, 0.1) is 7.11 Å². The van der Waals surface area contributed by atoms with Gasteiger partial charge in [-0.25, -0.2) is 8.96 Å². The lowest BCUT2D eigenvalue weighted by atomic mass is 11.0. The van der Waals surface area contributed by atoms with Gasteiger partial charge in [0.15, 0.2) is 0 Å². The van der Waals surface area contributed by atoms with Crippen LogP contribution < -0.4 is 0 Å². The van der Waals surface area contributed by atoms with E-state index in [1.165, 1.54) is 12.4 Å². The number of hydrogen-bond donors (Lipinski definition) is 0. The van der Waals surface area contributed by atoms with Crippen LogP contribution in [-0.4, -0.2) is 24.5 Å². The Bertz CT molecular complexity index is 288. The molecule has 1 rings (SSSR count). The highest BCUT2D eigenvalue weighted by molar-refractivity contribution is 7.85. The van der Waals surface area contributed by atoms with E-state index in [-0.39, 0.29) is 0 Å². The summed E-state index contributed by atoms with van der Waals surface area (Å²) in [5.74, 6) is 0. The fraction of sp³-hybridized carbons (Fsp3) is 0.250.